The number of nitrogens with two attached hydrogens (primary N) is 1. The highest BCUT2D eigenvalue weighted by atomic mass is 16.4. The number of aliphatic hydroxyl groups is 2. The second-order valence-corrected chi connectivity index (χ2v) is 14.3. The van der Waals surface area contributed by atoms with E-state index in [2.05, 4.69) is 22.9 Å². The molecular weight excluding hydrogens is 698 g/mol. The van der Waals surface area contributed by atoms with Crippen LogP contribution in [-0.4, -0.2) is 109 Å². The third-order valence-corrected chi connectivity index (χ3v) is 9.17. The molecule has 2 aromatic rings. The predicted octanol–water partition coefficient (Wildman–Crippen LogP) is 1.72. The number of hydrogen-bond donors (Lipinski definition) is 9. The fraction of sp³-hybridized carbons (Fsp3) is 0.564. The molecule has 10 N–H and O–H groups in total. The first-order chi connectivity index (χ1) is 25.4. The molecule has 0 radical (unpaired) electrons. The lowest BCUT2D eigenvalue weighted by molar-refractivity contribution is -0.146. The minimum absolute atomic E-state index is 0.0156. The molecule has 4 amide bonds. The van der Waals surface area contributed by atoms with Gasteiger partial charge in [0, 0.05) is 25.9 Å². The number of nitrogens with zero attached hydrogens (tertiary/aromatic N) is 1. The van der Waals surface area contributed by atoms with E-state index in [4.69, 9.17) is 5.73 Å². The van der Waals surface area contributed by atoms with Gasteiger partial charge in [0.05, 0.1) is 6.10 Å². The number of carbonyl (C=O) groups is 5. The molecule has 2 rings (SSSR count). The van der Waals surface area contributed by atoms with Gasteiger partial charge in [0.15, 0.2) is 0 Å². The second kappa shape index (κ2) is 22.5. The molecule has 0 aliphatic heterocycles. The summed E-state index contributed by atoms with van der Waals surface area (Å²) in [4.78, 5) is 67.9. The Morgan fingerprint density at radius 2 is 1.22 bits per heavy atom. The number of aliphatic hydroxyl groups excluding tert-OH is 2. The third-order valence-electron chi connectivity index (χ3n) is 9.17. The highest BCUT2D eigenvalue weighted by Crippen LogP contribution is 2.17. The molecule has 54 heavy (non-hydrogen) atoms. The largest absolute Gasteiger partial charge is 0.508 e. The number of aromatic hydroxyl groups is 2. The van der Waals surface area contributed by atoms with Crippen LogP contribution < -0.4 is 21.7 Å². The number of phenolic OH excluding ortho intramolecular Hbond substituents is 2. The Hall–Kier alpha value is -4.73. The van der Waals surface area contributed by atoms with E-state index in [0.29, 0.717) is 24.0 Å². The van der Waals surface area contributed by atoms with Crippen molar-refractivity contribution < 1.29 is 49.5 Å². The van der Waals surface area contributed by atoms with E-state index in [1.165, 1.54) is 62.5 Å². The average molecular weight is 758 g/mol. The Bertz CT molecular complexity index is 1500. The quantitative estimate of drug-likeness (QED) is 0.0739. The normalized spacial score (nSPS) is 15.2. The van der Waals surface area contributed by atoms with Gasteiger partial charge < -0.3 is 52.1 Å². The van der Waals surface area contributed by atoms with Crippen LogP contribution in [0.4, 0.5) is 0 Å². The summed E-state index contributed by atoms with van der Waals surface area (Å²) in [6, 6.07) is 5.27. The number of benzene rings is 2. The number of carbonyl (C=O) groups excluding carboxylic acids is 4. The molecule has 0 aliphatic carbocycles. The Morgan fingerprint density at radius 1 is 0.722 bits per heavy atom. The highest BCUT2D eigenvalue weighted by Gasteiger charge is 2.38. The number of unbranched alkanes of at least 4 members (excludes halogenated alkanes) is 4. The lowest BCUT2D eigenvalue weighted by atomic mass is 9.98. The van der Waals surface area contributed by atoms with Crippen LogP contribution in [-0.2, 0) is 36.8 Å². The molecule has 15 heteroatoms. The zero-order chi connectivity index (χ0) is 40.5. The van der Waals surface area contributed by atoms with Gasteiger partial charge in [0.1, 0.15) is 41.8 Å². The fourth-order valence-electron chi connectivity index (χ4n) is 5.91. The fourth-order valence-corrected chi connectivity index (χ4v) is 5.91. The van der Waals surface area contributed by atoms with Crippen molar-refractivity contribution in [3.8, 4) is 11.5 Å². The number of carboxylic acids is 1. The van der Waals surface area contributed by atoms with Crippen LogP contribution in [0.3, 0.4) is 0 Å². The summed E-state index contributed by atoms with van der Waals surface area (Å²) in [6.45, 7) is 7.00. The maximum atomic E-state index is 14.0. The smallest absolute Gasteiger partial charge is 0.326 e. The first kappa shape index (κ1) is 45.4. The minimum Gasteiger partial charge on any atom is -0.508 e. The highest BCUT2D eigenvalue weighted by molar-refractivity contribution is 5.95. The molecule has 300 valence electrons. The van der Waals surface area contributed by atoms with Crippen molar-refractivity contribution in [2.75, 3.05) is 7.05 Å². The Balaban J connectivity index is 2.31. The molecule has 2 aromatic carbocycles. The van der Waals surface area contributed by atoms with E-state index < -0.39 is 72.0 Å². The van der Waals surface area contributed by atoms with Crippen LogP contribution in [0.5, 0.6) is 11.5 Å². The molecule has 0 bridgehead atoms. The summed E-state index contributed by atoms with van der Waals surface area (Å²) in [7, 11) is 1.32. The molecule has 0 aromatic heterocycles. The number of hydrogen-bond acceptors (Lipinski definition) is 10. The average Bonchev–Trinajstić information content (AvgIpc) is 3.12. The van der Waals surface area contributed by atoms with Crippen molar-refractivity contribution in [1.82, 2.24) is 20.9 Å². The zero-order valence-electron chi connectivity index (χ0n) is 31.9. The predicted molar refractivity (Wildman–Crippen MR) is 202 cm³/mol. The summed E-state index contributed by atoms with van der Waals surface area (Å²) in [6.07, 6.45) is 1.91. The van der Waals surface area contributed by atoms with Gasteiger partial charge in [-0.1, -0.05) is 77.1 Å². The van der Waals surface area contributed by atoms with E-state index in [1.54, 1.807) is 0 Å². The topological polar surface area (TPSA) is 252 Å². The SMILES string of the molecule is CCCCCCCC(N)C(O)C(=O)NC(C(=O)N(C)C(CC(C)C)C(=O)NC(Cc1ccc(O)cc1)C(=O)NC(Cc1ccc(O)cc1)C(=O)O)C(C)O. The molecule has 7 unspecified atom stereocenters. The molecule has 0 spiro atoms. The lowest BCUT2D eigenvalue weighted by Crippen LogP contribution is -2.61. The summed E-state index contributed by atoms with van der Waals surface area (Å²) in [5, 5.41) is 58.1. The van der Waals surface area contributed by atoms with Gasteiger partial charge in [-0.3, -0.25) is 19.2 Å². The summed E-state index contributed by atoms with van der Waals surface area (Å²) >= 11 is 0. The first-order valence-corrected chi connectivity index (χ1v) is 18.5. The Labute approximate surface area is 317 Å². The number of amides is 4. The minimum atomic E-state index is -1.65. The second-order valence-electron chi connectivity index (χ2n) is 14.3. The van der Waals surface area contributed by atoms with Gasteiger partial charge >= 0.3 is 5.97 Å². The van der Waals surface area contributed by atoms with Crippen LogP contribution >= 0.6 is 0 Å². The van der Waals surface area contributed by atoms with E-state index in [1.807, 2.05) is 13.8 Å². The van der Waals surface area contributed by atoms with E-state index in [9.17, 15) is 49.5 Å². The van der Waals surface area contributed by atoms with Gasteiger partial charge in [-0.25, -0.2) is 4.79 Å². The molecule has 15 nitrogen and oxygen atoms in total. The maximum absolute atomic E-state index is 14.0. The Kier molecular flexibility index (Phi) is 18.9. The standard InChI is InChI=1S/C39H59N5O10/c1-6-7-8-9-10-11-29(40)34(48)37(51)43-33(24(4)45)38(52)44(5)32(20-23(2)3)36(50)41-30(21-25-12-16-27(46)17-13-25)35(49)42-31(39(53)54)22-26-14-18-28(47)19-15-26/h12-19,23-24,29-34,45-48H,6-11,20-22,40H2,1-5H3,(H,41,50)(H,42,49)(H,43,51)(H,53,54). The van der Waals surface area contributed by atoms with E-state index >= 15 is 0 Å². The molecule has 0 heterocycles. The molecule has 7 atom stereocenters. The number of nitrogens with one attached hydrogen (secondary N) is 3. The molecule has 0 saturated carbocycles. The van der Waals surface area contributed by atoms with Crippen LogP contribution in [0.1, 0.15) is 83.8 Å². The third kappa shape index (κ3) is 15.0. The van der Waals surface area contributed by atoms with Crippen molar-refractivity contribution in [2.24, 2.45) is 11.7 Å². The number of carboxylic acid groups (broad SMARTS) is 1. The number of phenols is 2. The van der Waals surface area contributed by atoms with Crippen LogP contribution in [0.25, 0.3) is 0 Å². The summed E-state index contributed by atoms with van der Waals surface area (Å²) < 4.78 is 0. The lowest BCUT2D eigenvalue weighted by Gasteiger charge is -2.34. The zero-order valence-corrected chi connectivity index (χ0v) is 31.9. The van der Waals surface area contributed by atoms with Gasteiger partial charge in [0.25, 0.3) is 5.91 Å². The van der Waals surface area contributed by atoms with Crippen LogP contribution in [0.15, 0.2) is 48.5 Å². The first-order valence-electron chi connectivity index (χ1n) is 18.5. The van der Waals surface area contributed by atoms with Gasteiger partial charge in [-0.05, 0) is 61.1 Å². The van der Waals surface area contributed by atoms with Crippen molar-refractivity contribution >= 4 is 29.6 Å². The molecule has 0 fully saturated rings. The van der Waals surface area contributed by atoms with Crippen molar-refractivity contribution in [3.05, 3.63) is 59.7 Å². The van der Waals surface area contributed by atoms with Crippen molar-refractivity contribution in [3.63, 3.8) is 0 Å². The number of likely N-dealkylation sites (N-methyl/N-ethyl adjacent to an activating group) is 1. The molecule has 0 aliphatic rings. The van der Waals surface area contributed by atoms with Crippen molar-refractivity contribution in [2.45, 2.75) is 128 Å². The molecule has 0 saturated heterocycles. The van der Waals surface area contributed by atoms with Crippen LogP contribution in [0, 0.1) is 5.92 Å². The van der Waals surface area contributed by atoms with E-state index in [0.717, 1.165) is 30.6 Å². The summed E-state index contributed by atoms with van der Waals surface area (Å²) in [5.74, 6) is -4.90. The number of aliphatic carboxylic acids is 1. The monoisotopic (exact) mass is 757 g/mol. The Morgan fingerprint density at radius 3 is 1.70 bits per heavy atom. The van der Waals surface area contributed by atoms with Crippen molar-refractivity contribution in [1.29, 1.82) is 0 Å². The van der Waals surface area contributed by atoms with Gasteiger partial charge in [0.2, 0.25) is 17.7 Å². The van der Waals surface area contributed by atoms with Gasteiger partial charge in [-0.2, -0.15) is 0 Å². The summed E-state index contributed by atoms with van der Waals surface area (Å²) in [5.41, 5.74) is 7.13. The van der Waals surface area contributed by atoms with E-state index in [-0.39, 0.29) is 36.7 Å². The maximum Gasteiger partial charge on any atom is 0.326 e. The number of rotatable bonds is 23. The van der Waals surface area contributed by atoms with Crippen LogP contribution in [0.2, 0.25) is 0 Å². The van der Waals surface area contributed by atoms with Gasteiger partial charge in [-0.15, -0.1) is 0 Å². The molecular formula is C39H59N5O10.